The number of likely N-dealkylation sites (tertiary alicyclic amines) is 1. The molecule has 0 spiro atoms. The van der Waals surface area contributed by atoms with Crippen molar-refractivity contribution in [2.75, 3.05) is 57.4 Å². The van der Waals surface area contributed by atoms with E-state index < -0.39 is 0 Å². The average Bonchev–Trinajstić information content (AvgIpc) is 3.21. The summed E-state index contributed by atoms with van der Waals surface area (Å²) in [5.41, 5.74) is 1.11. The van der Waals surface area contributed by atoms with Gasteiger partial charge in [0.05, 0.1) is 6.54 Å². The summed E-state index contributed by atoms with van der Waals surface area (Å²) in [5, 5.41) is 8.52. The molecule has 0 amide bonds. The van der Waals surface area contributed by atoms with Crippen molar-refractivity contribution in [3.8, 4) is 0 Å². The lowest BCUT2D eigenvalue weighted by Gasteiger charge is -2.48. The Kier molecular flexibility index (Phi) is 5.48. The molecule has 29 heavy (non-hydrogen) atoms. The number of benzene rings is 1. The molecule has 3 fully saturated rings. The lowest BCUT2D eigenvalue weighted by atomic mass is 10.0. The molecule has 5 rings (SSSR count). The monoisotopic (exact) mass is 401 g/mol. The normalized spacial score (nSPS) is 22.7. The number of hydrogen-bond donors (Lipinski definition) is 0. The smallest absolute Gasteiger partial charge is 0.230 e. The van der Waals surface area contributed by atoms with E-state index >= 15 is 0 Å². The highest BCUT2D eigenvalue weighted by molar-refractivity contribution is 5.46. The van der Waals surface area contributed by atoms with Crippen LogP contribution in [-0.4, -0.2) is 78.5 Å². The zero-order valence-electron chi connectivity index (χ0n) is 16.7. The SMILES string of the molecule is Fc1ccc(N2CCN(C3CN(Cc4nnc(C5CCOCC5)o4)C3)CC2)cc1. The fourth-order valence-electron chi connectivity index (χ4n) is 4.53. The molecule has 1 aromatic heterocycles. The van der Waals surface area contributed by atoms with Gasteiger partial charge in [-0.25, -0.2) is 4.39 Å². The molecule has 0 N–H and O–H groups in total. The van der Waals surface area contributed by atoms with Crippen molar-refractivity contribution in [3.05, 3.63) is 41.9 Å². The summed E-state index contributed by atoms with van der Waals surface area (Å²) in [6, 6.07) is 7.42. The van der Waals surface area contributed by atoms with Crippen LogP contribution in [0.4, 0.5) is 10.1 Å². The van der Waals surface area contributed by atoms with Crippen molar-refractivity contribution in [2.24, 2.45) is 0 Å². The summed E-state index contributed by atoms with van der Waals surface area (Å²) < 4.78 is 24.4. The van der Waals surface area contributed by atoms with E-state index in [1.807, 2.05) is 12.1 Å². The van der Waals surface area contributed by atoms with Crippen LogP contribution in [-0.2, 0) is 11.3 Å². The van der Waals surface area contributed by atoms with Crippen molar-refractivity contribution in [2.45, 2.75) is 31.3 Å². The predicted molar refractivity (Wildman–Crippen MR) is 106 cm³/mol. The number of nitrogens with zero attached hydrogens (tertiary/aromatic N) is 5. The van der Waals surface area contributed by atoms with Crippen molar-refractivity contribution in [1.29, 1.82) is 0 Å². The van der Waals surface area contributed by atoms with E-state index in [9.17, 15) is 4.39 Å². The molecule has 156 valence electrons. The zero-order valence-corrected chi connectivity index (χ0v) is 16.7. The summed E-state index contributed by atoms with van der Waals surface area (Å²) in [4.78, 5) is 7.28. The Labute approximate surface area is 170 Å². The molecule has 0 atom stereocenters. The van der Waals surface area contributed by atoms with Gasteiger partial charge in [0.2, 0.25) is 11.8 Å². The Morgan fingerprint density at radius 1 is 0.966 bits per heavy atom. The number of halogens is 1. The van der Waals surface area contributed by atoms with Gasteiger partial charge in [0, 0.05) is 70.1 Å². The molecule has 0 aliphatic carbocycles. The zero-order chi connectivity index (χ0) is 19.6. The minimum Gasteiger partial charge on any atom is -0.424 e. The number of rotatable bonds is 5. The van der Waals surface area contributed by atoms with E-state index in [-0.39, 0.29) is 5.82 Å². The Hall–Kier alpha value is -2.03. The van der Waals surface area contributed by atoms with Gasteiger partial charge in [0.15, 0.2) is 0 Å². The Balaban J connectivity index is 1.06. The molecule has 2 aromatic rings. The Morgan fingerprint density at radius 3 is 2.41 bits per heavy atom. The lowest BCUT2D eigenvalue weighted by molar-refractivity contribution is 0.0201. The third-order valence-electron chi connectivity index (χ3n) is 6.37. The summed E-state index contributed by atoms with van der Waals surface area (Å²) in [6.07, 6.45) is 1.94. The molecule has 0 bridgehead atoms. The molecular formula is C21H28FN5O2. The van der Waals surface area contributed by atoms with Gasteiger partial charge in [-0.2, -0.15) is 0 Å². The van der Waals surface area contributed by atoms with Crippen LogP contribution in [0.25, 0.3) is 0 Å². The van der Waals surface area contributed by atoms with Gasteiger partial charge in [0.25, 0.3) is 0 Å². The first kappa shape index (κ1) is 19.0. The van der Waals surface area contributed by atoms with Gasteiger partial charge < -0.3 is 14.1 Å². The van der Waals surface area contributed by atoms with Crippen LogP contribution in [0.2, 0.25) is 0 Å². The summed E-state index contributed by atoms with van der Waals surface area (Å²) in [6.45, 7) is 8.46. The molecule has 0 saturated carbocycles. The maximum atomic E-state index is 13.1. The molecule has 4 heterocycles. The second-order valence-corrected chi connectivity index (χ2v) is 8.27. The van der Waals surface area contributed by atoms with Gasteiger partial charge in [-0.1, -0.05) is 0 Å². The minimum absolute atomic E-state index is 0.178. The van der Waals surface area contributed by atoms with Crippen LogP contribution in [0.15, 0.2) is 28.7 Å². The predicted octanol–water partition coefficient (Wildman–Crippen LogP) is 2.11. The van der Waals surface area contributed by atoms with Gasteiger partial charge in [0.1, 0.15) is 5.82 Å². The van der Waals surface area contributed by atoms with Crippen LogP contribution in [0.5, 0.6) is 0 Å². The molecule has 8 heteroatoms. The van der Waals surface area contributed by atoms with Gasteiger partial charge in [-0.3, -0.25) is 9.80 Å². The number of ether oxygens (including phenoxy) is 1. The largest absolute Gasteiger partial charge is 0.424 e. The summed E-state index contributed by atoms with van der Waals surface area (Å²) in [5.74, 6) is 1.68. The molecule has 1 aromatic carbocycles. The standard InChI is InChI=1S/C21H28FN5O2/c22-17-1-3-18(4-2-17)26-7-9-27(10-8-26)19-13-25(14-19)15-20-23-24-21(29-20)16-5-11-28-12-6-16/h1-4,16,19H,5-15H2. The Bertz CT molecular complexity index is 794. The third kappa shape index (κ3) is 4.29. The number of hydrogen-bond acceptors (Lipinski definition) is 7. The summed E-state index contributed by atoms with van der Waals surface area (Å²) in [7, 11) is 0. The van der Waals surface area contributed by atoms with E-state index in [2.05, 4.69) is 24.9 Å². The van der Waals surface area contributed by atoms with Crippen molar-refractivity contribution in [3.63, 3.8) is 0 Å². The van der Waals surface area contributed by atoms with Crippen LogP contribution < -0.4 is 4.90 Å². The van der Waals surface area contributed by atoms with Crippen molar-refractivity contribution in [1.82, 2.24) is 20.0 Å². The molecule has 0 unspecified atom stereocenters. The van der Waals surface area contributed by atoms with Gasteiger partial charge >= 0.3 is 0 Å². The first-order valence-electron chi connectivity index (χ1n) is 10.6. The molecule has 3 aliphatic heterocycles. The quantitative estimate of drug-likeness (QED) is 0.761. The Morgan fingerprint density at radius 2 is 1.69 bits per heavy atom. The van der Waals surface area contributed by atoms with Crippen LogP contribution >= 0.6 is 0 Å². The molecular weight excluding hydrogens is 373 g/mol. The van der Waals surface area contributed by atoms with Gasteiger partial charge in [-0.05, 0) is 37.1 Å². The molecule has 7 nitrogen and oxygen atoms in total. The molecule has 3 aliphatic rings. The fourth-order valence-corrected chi connectivity index (χ4v) is 4.53. The highest BCUT2D eigenvalue weighted by Gasteiger charge is 2.34. The van der Waals surface area contributed by atoms with E-state index in [1.165, 1.54) is 12.1 Å². The minimum atomic E-state index is -0.178. The van der Waals surface area contributed by atoms with Crippen LogP contribution in [0.1, 0.15) is 30.5 Å². The van der Waals surface area contributed by atoms with E-state index in [0.717, 1.165) is 89.3 Å². The maximum Gasteiger partial charge on any atom is 0.230 e. The molecule has 3 saturated heterocycles. The summed E-state index contributed by atoms with van der Waals surface area (Å²) >= 11 is 0. The second kappa shape index (κ2) is 8.38. The van der Waals surface area contributed by atoms with Crippen molar-refractivity contribution < 1.29 is 13.5 Å². The van der Waals surface area contributed by atoms with E-state index in [1.54, 1.807) is 0 Å². The number of anilines is 1. The molecule has 0 radical (unpaired) electrons. The number of aromatic nitrogens is 2. The second-order valence-electron chi connectivity index (χ2n) is 8.27. The van der Waals surface area contributed by atoms with Crippen LogP contribution in [0.3, 0.4) is 0 Å². The first-order chi connectivity index (χ1) is 14.2. The first-order valence-corrected chi connectivity index (χ1v) is 10.6. The highest BCUT2D eigenvalue weighted by atomic mass is 19.1. The highest BCUT2D eigenvalue weighted by Crippen LogP contribution is 2.27. The third-order valence-corrected chi connectivity index (χ3v) is 6.37. The average molecular weight is 401 g/mol. The van der Waals surface area contributed by atoms with Crippen LogP contribution in [0, 0.1) is 5.82 Å². The van der Waals surface area contributed by atoms with Crippen molar-refractivity contribution >= 4 is 5.69 Å². The number of piperazine rings is 1. The van der Waals surface area contributed by atoms with E-state index in [0.29, 0.717) is 12.0 Å². The topological polar surface area (TPSA) is 57.9 Å². The fraction of sp³-hybridized carbons (Fsp3) is 0.619. The van der Waals surface area contributed by atoms with Gasteiger partial charge in [-0.15, -0.1) is 10.2 Å². The van der Waals surface area contributed by atoms with E-state index in [4.69, 9.17) is 9.15 Å². The maximum absolute atomic E-state index is 13.1. The lowest BCUT2D eigenvalue weighted by Crippen LogP contribution is -2.62.